The van der Waals surface area contributed by atoms with E-state index in [1.807, 2.05) is 0 Å². The van der Waals surface area contributed by atoms with Gasteiger partial charge >= 0.3 is 6.03 Å². The van der Waals surface area contributed by atoms with Crippen molar-refractivity contribution < 1.29 is 9.55 Å². The monoisotopic (exact) mass is 111 g/mol. The Bertz CT molecular complexity index is 170. The normalized spacial score (nSPS) is 17.5. The molecule has 0 bridgehead atoms. The summed E-state index contributed by atoms with van der Waals surface area (Å²) in [6.45, 7) is 0. The summed E-state index contributed by atoms with van der Waals surface area (Å²) in [5.41, 5.74) is 0. The average molecular weight is 111 g/mol. The highest BCUT2D eigenvalue weighted by molar-refractivity contribution is 5.85. The van der Waals surface area contributed by atoms with Crippen LogP contribution in [0.1, 0.15) is 0 Å². The average Bonchev–Trinajstić information content (AvgIpc) is 1.77. The summed E-state index contributed by atoms with van der Waals surface area (Å²) in [7, 11) is 0. The molecule has 0 unspecified atom stereocenters. The van der Waals surface area contributed by atoms with Crippen LogP contribution in [0.15, 0.2) is 17.3 Å². The number of allylic oxidation sites excluding steroid dienone is 1. The lowest BCUT2D eigenvalue weighted by atomic mass is 10.6. The molecular formula is C4H3N2O2+. The van der Waals surface area contributed by atoms with E-state index in [4.69, 9.17) is 0 Å². The number of nitrogens with zero attached hydrogens (tertiary/aromatic N) is 2. The highest BCUT2D eigenvalue weighted by atomic mass is 16.3. The SMILES string of the molecule is O=C1N=CC=C[N+]1=O. The molecule has 0 spiro atoms. The Hall–Kier alpha value is -1.32. The molecule has 40 valence electrons. The first-order valence-corrected chi connectivity index (χ1v) is 2.02. The molecule has 1 aliphatic heterocycles. The number of aliphatic imine (C=N–C) groups is 1. The van der Waals surface area contributed by atoms with Crippen LogP contribution >= 0.6 is 0 Å². The van der Waals surface area contributed by atoms with E-state index in [1.165, 1.54) is 12.3 Å². The van der Waals surface area contributed by atoms with Gasteiger partial charge in [-0.15, -0.1) is 0 Å². The summed E-state index contributed by atoms with van der Waals surface area (Å²) in [6, 6.07) is -0.771. The Morgan fingerprint density at radius 1 is 1.62 bits per heavy atom. The smallest absolute Gasteiger partial charge is 0.190 e. The van der Waals surface area contributed by atoms with Crippen molar-refractivity contribution >= 4 is 12.2 Å². The number of urea groups is 1. The summed E-state index contributed by atoms with van der Waals surface area (Å²) in [6.07, 6.45) is 3.78. The third kappa shape index (κ3) is 0.676. The topological polar surface area (TPSA) is 49.5 Å². The van der Waals surface area contributed by atoms with Gasteiger partial charge in [-0.25, -0.2) is 0 Å². The molecule has 0 aliphatic carbocycles. The van der Waals surface area contributed by atoms with Crippen LogP contribution in [0, 0.1) is 4.91 Å². The maximum atomic E-state index is 10.2. The van der Waals surface area contributed by atoms with Crippen molar-refractivity contribution in [3.05, 3.63) is 17.2 Å². The van der Waals surface area contributed by atoms with Gasteiger partial charge in [0.1, 0.15) is 12.4 Å². The van der Waals surface area contributed by atoms with Crippen molar-refractivity contribution in [1.29, 1.82) is 0 Å². The van der Waals surface area contributed by atoms with Crippen LogP contribution < -0.4 is 0 Å². The van der Waals surface area contributed by atoms with Gasteiger partial charge in [-0.2, -0.15) is 4.79 Å². The van der Waals surface area contributed by atoms with Gasteiger partial charge in [0.2, 0.25) is 0 Å². The Morgan fingerprint density at radius 3 is 2.75 bits per heavy atom. The highest BCUT2D eigenvalue weighted by Crippen LogP contribution is 1.88. The standard InChI is InChI=1S/C4H3N2O2/c7-4-5-2-1-3-6(4)8/h1-3H/q+1. The summed E-state index contributed by atoms with van der Waals surface area (Å²) in [4.78, 5) is 23.5. The second kappa shape index (κ2) is 1.65. The van der Waals surface area contributed by atoms with Crippen LogP contribution in [0.2, 0.25) is 0 Å². The zero-order valence-corrected chi connectivity index (χ0v) is 3.94. The Labute approximate surface area is 45.1 Å². The van der Waals surface area contributed by atoms with Crippen molar-refractivity contribution in [3.63, 3.8) is 0 Å². The lowest BCUT2D eigenvalue weighted by Crippen LogP contribution is -2.09. The van der Waals surface area contributed by atoms with Crippen LogP contribution in [-0.4, -0.2) is 17.0 Å². The zero-order valence-electron chi connectivity index (χ0n) is 3.94. The molecule has 0 saturated heterocycles. The molecule has 0 fully saturated rings. The van der Waals surface area contributed by atoms with Crippen LogP contribution in [0.5, 0.6) is 0 Å². The molecule has 0 N–H and O–H groups in total. The first-order chi connectivity index (χ1) is 3.80. The molecule has 8 heavy (non-hydrogen) atoms. The summed E-state index contributed by atoms with van der Waals surface area (Å²) >= 11 is 0. The zero-order chi connectivity index (χ0) is 5.98. The van der Waals surface area contributed by atoms with Gasteiger partial charge in [-0.3, -0.25) is 0 Å². The van der Waals surface area contributed by atoms with Crippen molar-refractivity contribution in [3.8, 4) is 0 Å². The molecule has 0 atom stereocenters. The Morgan fingerprint density at radius 2 is 2.38 bits per heavy atom. The predicted molar refractivity (Wildman–Crippen MR) is 26.7 cm³/mol. The fourth-order valence-corrected chi connectivity index (χ4v) is 0.344. The van der Waals surface area contributed by atoms with Crippen LogP contribution in [0.4, 0.5) is 4.79 Å². The van der Waals surface area contributed by atoms with Crippen LogP contribution in [0.3, 0.4) is 0 Å². The molecule has 0 radical (unpaired) electrons. The fourth-order valence-electron chi connectivity index (χ4n) is 0.344. The predicted octanol–water partition coefficient (Wildman–Crippen LogP) is 0.483. The van der Waals surface area contributed by atoms with E-state index in [9.17, 15) is 9.70 Å². The molecule has 0 aromatic rings. The third-order valence-electron chi connectivity index (χ3n) is 0.681. The van der Waals surface area contributed by atoms with Gasteiger partial charge < -0.3 is 0 Å². The number of hydrogen-bond donors (Lipinski definition) is 0. The quantitative estimate of drug-likeness (QED) is 0.427. The molecule has 0 aromatic heterocycles. The maximum absolute atomic E-state index is 10.2. The van der Waals surface area contributed by atoms with E-state index in [-0.39, 0.29) is 4.76 Å². The van der Waals surface area contributed by atoms with Gasteiger partial charge in [0.05, 0.1) is 0 Å². The molecular weight excluding hydrogens is 108 g/mol. The van der Waals surface area contributed by atoms with Gasteiger partial charge in [-0.1, -0.05) is 4.91 Å². The number of amides is 2. The first kappa shape index (κ1) is 4.83. The number of carbonyl (C=O) groups excluding carboxylic acids is 1. The van der Waals surface area contributed by atoms with Crippen LogP contribution in [-0.2, 0) is 0 Å². The largest absolute Gasteiger partial charge is 0.583 e. The highest BCUT2D eigenvalue weighted by Gasteiger charge is 2.17. The molecule has 1 rings (SSSR count). The molecule has 0 saturated carbocycles. The molecule has 4 nitrogen and oxygen atoms in total. The van der Waals surface area contributed by atoms with Crippen molar-refractivity contribution in [2.24, 2.45) is 4.99 Å². The molecule has 1 aliphatic rings. The summed E-state index contributed by atoms with van der Waals surface area (Å²) < 4.78 is 0.167. The van der Waals surface area contributed by atoms with Crippen molar-refractivity contribution in [1.82, 2.24) is 0 Å². The summed E-state index contributed by atoms with van der Waals surface area (Å²) in [5, 5.41) is 0. The minimum atomic E-state index is -0.771. The molecule has 0 aromatic carbocycles. The summed E-state index contributed by atoms with van der Waals surface area (Å²) in [5.74, 6) is 0. The van der Waals surface area contributed by atoms with Crippen LogP contribution in [0.25, 0.3) is 0 Å². The van der Waals surface area contributed by atoms with Crippen molar-refractivity contribution in [2.75, 3.05) is 0 Å². The van der Waals surface area contributed by atoms with E-state index >= 15 is 0 Å². The lowest BCUT2D eigenvalue weighted by Gasteiger charge is -1.79. The minimum Gasteiger partial charge on any atom is -0.190 e. The molecule has 4 heteroatoms. The Balaban J connectivity index is 2.89. The van der Waals surface area contributed by atoms with E-state index in [2.05, 4.69) is 4.99 Å². The first-order valence-electron chi connectivity index (χ1n) is 2.02. The third-order valence-corrected chi connectivity index (χ3v) is 0.681. The number of rotatable bonds is 0. The van der Waals surface area contributed by atoms with Crippen molar-refractivity contribution in [2.45, 2.75) is 0 Å². The second-order valence-electron chi connectivity index (χ2n) is 1.23. The van der Waals surface area contributed by atoms with E-state index in [0.717, 1.165) is 6.20 Å². The fraction of sp³-hybridized carbons (Fsp3) is 0. The van der Waals surface area contributed by atoms with E-state index < -0.39 is 6.03 Å². The van der Waals surface area contributed by atoms with Gasteiger partial charge in [0, 0.05) is 10.8 Å². The Kier molecular flexibility index (Phi) is 0.997. The van der Waals surface area contributed by atoms with E-state index in [1.54, 1.807) is 0 Å². The van der Waals surface area contributed by atoms with Gasteiger partial charge in [-0.05, 0) is 4.99 Å². The van der Waals surface area contributed by atoms with Gasteiger partial charge in [0.15, 0.2) is 0 Å². The van der Waals surface area contributed by atoms with E-state index in [0.29, 0.717) is 0 Å². The maximum Gasteiger partial charge on any atom is 0.583 e. The number of hydrogen-bond acceptors (Lipinski definition) is 2. The second-order valence-corrected chi connectivity index (χ2v) is 1.23. The number of carbonyl (C=O) groups is 1. The minimum absolute atomic E-state index is 0.167. The number of nitroso groups, excluding NO2 is 1. The molecule has 2 amide bonds. The lowest BCUT2D eigenvalue weighted by molar-refractivity contribution is -0.371. The molecule has 1 heterocycles. The van der Waals surface area contributed by atoms with Gasteiger partial charge in [0.25, 0.3) is 0 Å².